The molecule has 19 heavy (non-hydrogen) atoms. The van der Waals surface area contributed by atoms with Crippen LogP contribution in [0.5, 0.6) is 0 Å². The Labute approximate surface area is 120 Å². The molecule has 1 aromatic heterocycles. The van der Waals surface area contributed by atoms with Gasteiger partial charge in [-0.05, 0) is 12.1 Å². The molecule has 5 heteroatoms. The Morgan fingerprint density at radius 1 is 0.947 bits per heavy atom. The molecule has 0 bridgehead atoms. The van der Waals surface area contributed by atoms with E-state index in [9.17, 15) is 0 Å². The van der Waals surface area contributed by atoms with Gasteiger partial charge >= 0.3 is 0 Å². The zero-order valence-corrected chi connectivity index (χ0v) is 11.4. The smallest absolute Gasteiger partial charge is 0.207 e. The predicted octanol–water partition coefficient (Wildman–Crippen LogP) is 4.60. The van der Waals surface area contributed by atoms with Crippen molar-refractivity contribution in [2.24, 2.45) is 0 Å². The molecule has 3 aromatic rings. The first-order chi connectivity index (χ1) is 9.33. The molecule has 0 amide bonds. The average Bonchev–Trinajstić information content (AvgIpc) is 2.91. The monoisotopic (exact) mass is 287 g/mol. The van der Waals surface area contributed by atoms with Crippen LogP contribution in [0, 0.1) is 0 Å². The molecule has 1 N–H and O–H groups in total. The number of hydrogen-bond acceptors (Lipinski definition) is 4. The second kappa shape index (κ2) is 5.38. The molecule has 0 aliphatic carbocycles. The van der Waals surface area contributed by atoms with Gasteiger partial charge in [0, 0.05) is 17.1 Å². The Balaban J connectivity index is 1.85. The van der Waals surface area contributed by atoms with Gasteiger partial charge in [-0.25, -0.2) is 0 Å². The summed E-state index contributed by atoms with van der Waals surface area (Å²) in [5, 5.41) is 4.57. The normalized spacial score (nSPS) is 10.4. The minimum absolute atomic E-state index is 0.666. The molecule has 0 aliphatic rings. The summed E-state index contributed by atoms with van der Waals surface area (Å²) in [5.74, 6) is 0.722. The number of nitrogens with one attached hydrogen (secondary N) is 1. The standard InChI is InChI=1S/C14H10ClN3S/c15-11-8-4-5-9-12(11)16-14-17-13(18-19-14)10-6-2-1-3-7-10/h1-9H,(H,16,17,18). The summed E-state index contributed by atoms with van der Waals surface area (Å²) >= 11 is 7.41. The molecule has 0 saturated carbocycles. The molecule has 94 valence electrons. The van der Waals surface area contributed by atoms with Gasteiger partial charge in [-0.15, -0.1) is 0 Å². The van der Waals surface area contributed by atoms with E-state index in [1.807, 2.05) is 54.6 Å². The third kappa shape index (κ3) is 2.75. The van der Waals surface area contributed by atoms with Crippen molar-refractivity contribution in [1.29, 1.82) is 0 Å². The molecule has 0 fully saturated rings. The van der Waals surface area contributed by atoms with Crippen molar-refractivity contribution in [3.8, 4) is 11.4 Å². The predicted molar refractivity (Wildman–Crippen MR) is 80.1 cm³/mol. The van der Waals surface area contributed by atoms with E-state index < -0.39 is 0 Å². The van der Waals surface area contributed by atoms with Crippen LogP contribution in [-0.2, 0) is 0 Å². The Hall–Kier alpha value is -1.91. The maximum atomic E-state index is 6.09. The highest BCUT2D eigenvalue weighted by atomic mass is 35.5. The van der Waals surface area contributed by atoms with Crippen molar-refractivity contribution in [3.05, 3.63) is 59.6 Å². The lowest BCUT2D eigenvalue weighted by Gasteiger charge is -2.03. The number of rotatable bonds is 3. The first-order valence-corrected chi connectivity index (χ1v) is 6.89. The van der Waals surface area contributed by atoms with Gasteiger partial charge in [0.15, 0.2) is 5.82 Å². The number of nitrogens with zero attached hydrogens (tertiary/aromatic N) is 2. The van der Waals surface area contributed by atoms with Gasteiger partial charge in [-0.2, -0.15) is 9.36 Å². The number of benzene rings is 2. The minimum Gasteiger partial charge on any atom is -0.329 e. The Bertz CT molecular complexity index is 682. The summed E-state index contributed by atoms with van der Waals surface area (Å²) in [6.07, 6.45) is 0. The van der Waals surface area contributed by atoms with Crippen molar-refractivity contribution in [3.63, 3.8) is 0 Å². The maximum Gasteiger partial charge on any atom is 0.207 e. The van der Waals surface area contributed by atoms with Crippen molar-refractivity contribution < 1.29 is 0 Å². The van der Waals surface area contributed by atoms with E-state index in [0.717, 1.165) is 22.2 Å². The number of halogens is 1. The fourth-order valence-electron chi connectivity index (χ4n) is 1.66. The molecule has 0 unspecified atom stereocenters. The SMILES string of the molecule is Clc1ccccc1Nc1nc(-c2ccccc2)ns1. The van der Waals surface area contributed by atoms with E-state index in [1.54, 1.807) is 0 Å². The number of anilines is 2. The van der Waals surface area contributed by atoms with Crippen LogP contribution in [0.15, 0.2) is 54.6 Å². The fourth-order valence-corrected chi connectivity index (χ4v) is 2.44. The zero-order valence-electron chi connectivity index (χ0n) is 9.88. The molecular weight excluding hydrogens is 278 g/mol. The molecule has 3 nitrogen and oxygen atoms in total. The van der Waals surface area contributed by atoms with Crippen LogP contribution >= 0.6 is 23.1 Å². The molecule has 0 saturated heterocycles. The lowest BCUT2D eigenvalue weighted by molar-refractivity contribution is 1.32. The summed E-state index contributed by atoms with van der Waals surface area (Å²) in [7, 11) is 0. The van der Waals surface area contributed by atoms with Gasteiger partial charge in [-0.3, -0.25) is 0 Å². The van der Waals surface area contributed by atoms with Crippen LogP contribution < -0.4 is 5.32 Å². The lowest BCUT2D eigenvalue weighted by Crippen LogP contribution is -1.90. The summed E-state index contributed by atoms with van der Waals surface area (Å²) in [4.78, 5) is 4.45. The number of hydrogen-bond donors (Lipinski definition) is 1. The second-order valence-electron chi connectivity index (χ2n) is 3.89. The van der Waals surface area contributed by atoms with Crippen LogP contribution in [0.1, 0.15) is 0 Å². The van der Waals surface area contributed by atoms with Gasteiger partial charge in [0.05, 0.1) is 10.7 Å². The number of para-hydroxylation sites is 1. The average molecular weight is 288 g/mol. The first kappa shape index (κ1) is 12.1. The van der Waals surface area contributed by atoms with Crippen LogP contribution in [0.3, 0.4) is 0 Å². The van der Waals surface area contributed by atoms with Gasteiger partial charge in [0.25, 0.3) is 0 Å². The summed E-state index contributed by atoms with van der Waals surface area (Å²) < 4.78 is 4.34. The lowest BCUT2D eigenvalue weighted by atomic mass is 10.2. The molecule has 3 rings (SSSR count). The quantitative estimate of drug-likeness (QED) is 0.765. The highest BCUT2D eigenvalue weighted by Crippen LogP contribution is 2.27. The van der Waals surface area contributed by atoms with E-state index in [0.29, 0.717) is 5.02 Å². The summed E-state index contributed by atoms with van der Waals surface area (Å²) in [6, 6.07) is 17.4. The van der Waals surface area contributed by atoms with E-state index in [4.69, 9.17) is 11.6 Å². The molecule has 0 atom stereocenters. The Morgan fingerprint density at radius 2 is 1.68 bits per heavy atom. The van der Waals surface area contributed by atoms with Crippen LogP contribution in [-0.4, -0.2) is 9.36 Å². The number of aromatic nitrogens is 2. The molecule has 1 heterocycles. The summed E-state index contributed by atoms with van der Waals surface area (Å²) in [6.45, 7) is 0. The minimum atomic E-state index is 0.666. The third-order valence-electron chi connectivity index (χ3n) is 2.57. The van der Waals surface area contributed by atoms with E-state index in [2.05, 4.69) is 14.7 Å². The third-order valence-corrected chi connectivity index (χ3v) is 3.53. The van der Waals surface area contributed by atoms with Gasteiger partial charge in [0.2, 0.25) is 5.13 Å². The zero-order chi connectivity index (χ0) is 13.1. The largest absolute Gasteiger partial charge is 0.329 e. The van der Waals surface area contributed by atoms with Crippen LogP contribution in [0.2, 0.25) is 5.02 Å². The molecule has 0 radical (unpaired) electrons. The highest BCUT2D eigenvalue weighted by Gasteiger charge is 2.07. The van der Waals surface area contributed by atoms with E-state index in [1.165, 1.54) is 11.5 Å². The second-order valence-corrected chi connectivity index (χ2v) is 5.05. The van der Waals surface area contributed by atoms with Crippen molar-refractivity contribution >= 4 is 34.0 Å². The molecular formula is C14H10ClN3S. The maximum absolute atomic E-state index is 6.09. The topological polar surface area (TPSA) is 37.8 Å². The highest BCUT2D eigenvalue weighted by molar-refractivity contribution is 7.10. The molecule has 0 spiro atoms. The van der Waals surface area contributed by atoms with Crippen LogP contribution in [0.4, 0.5) is 10.8 Å². The van der Waals surface area contributed by atoms with Gasteiger partial charge in [0.1, 0.15) is 0 Å². The summed E-state index contributed by atoms with van der Waals surface area (Å²) in [5.41, 5.74) is 1.84. The Kier molecular flexibility index (Phi) is 3.44. The van der Waals surface area contributed by atoms with Gasteiger partial charge in [-0.1, -0.05) is 54.1 Å². The van der Waals surface area contributed by atoms with E-state index >= 15 is 0 Å². The first-order valence-electron chi connectivity index (χ1n) is 5.73. The fraction of sp³-hybridized carbons (Fsp3) is 0. The Morgan fingerprint density at radius 3 is 2.47 bits per heavy atom. The van der Waals surface area contributed by atoms with Crippen molar-refractivity contribution in [1.82, 2.24) is 9.36 Å². The molecule has 0 aliphatic heterocycles. The van der Waals surface area contributed by atoms with Crippen molar-refractivity contribution in [2.45, 2.75) is 0 Å². The van der Waals surface area contributed by atoms with E-state index in [-0.39, 0.29) is 0 Å². The molecule has 2 aromatic carbocycles. The van der Waals surface area contributed by atoms with Crippen molar-refractivity contribution in [2.75, 3.05) is 5.32 Å². The van der Waals surface area contributed by atoms with Gasteiger partial charge < -0.3 is 5.32 Å². The van der Waals surface area contributed by atoms with Crippen LogP contribution in [0.25, 0.3) is 11.4 Å².